The van der Waals surface area contributed by atoms with Crippen LogP contribution in [0.2, 0.25) is 0 Å². The first-order valence-corrected chi connectivity index (χ1v) is 8.58. The molecule has 0 aliphatic rings. The molecule has 0 aromatic heterocycles. The van der Waals surface area contributed by atoms with Crippen molar-refractivity contribution in [3.05, 3.63) is 64.6 Å². The lowest BCUT2D eigenvalue weighted by Crippen LogP contribution is -2.12. The summed E-state index contributed by atoms with van der Waals surface area (Å²) < 4.78 is 0. The van der Waals surface area contributed by atoms with E-state index in [9.17, 15) is 10.2 Å². The van der Waals surface area contributed by atoms with E-state index in [4.69, 9.17) is 0 Å². The highest BCUT2D eigenvalue weighted by atomic mass is 16.3. The van der Waals surface area contributed by atoms with Crippen LogP contribution in [0.1, 0.15) is 68.4 Å². The van der Waals surface area contributed by atoms with Crippen molar-refractivity contribution in [3.63, 3.8) is 0 Å². The van der Waals surface area contributed by atoms with Crippen molar-refractivity contribution in [2.45, 2.75) is 59.3 Å². The summed E-state index contributed by atoms with van der Waals surface area (Å²) in [5.41, 5.74) is 5.09. The fourth-order valence-electron chi connectivity index (χ4n) is 2.94. The van der Waals surface area contributed by atoms with E-state index in [1.54, 1.807) is 6.07 Å². The van der Waals surface area contributed by atoms with E-state index in [1.807, 2.05) is 19.1 Å². The number of aryl methyl sites for hydroxylation is 1. The highest BCUT2D eigenvalue weighted by molar-refractivity contribution is 5.47. The molecule has 2 heteroatoms. The van der Waals surface area contributed by atoms with Crippen LogP contribution in [0.25, 0.3) is 0 Å². The van der Waals surface area contributed by atoms with Gasteiger partial charge >= 0.3 is 0 Å². The van der Waals surface area contributed by atoms with E-state index < -0.39 is 0 Å². The maximum atomic E-state index is 10.3. The molecule has 0 aliphatic carbocycles. The SMILES string of the molecule is Cc1cc(C[CH]c2ccc(O)c(C(C)C)c2)cc(C(C)(C)C)c1O. The molecule has 2 aromatic rings. The molecule has 2 N–H and O–H groups in total. The molecule has 0 aliphatic heterocycles. The largest absolute Gasteiger partial charge is 0.508 e. The van der Waals surface area contributed by atoms with Gasteiger partial charge in [-0.1, -0.05) is 58.9 Å². The Hall–Kier alpha value is -1.96. The summed E-state index contributed by atoms with van der Waals surface area (Å²) in [7, 11) is 0. The Morgan fingerprint density at radius 3 is 2.29 bits per heavy atom. The summed E-state index contributed by atoms with van der Waals surface area (Å²) in [6.45, 7) is 12.5. The molecule has 0 bridgehead atoms. The van der Waals surface area contributed by atoms with Gasteiger partial charge < -0.3 is 10.2 Å². The second kappa shape index (κ2) is 6.88. The lowest BCUT2D eigenvalue weighted by molar-refractivity contribution is 0.442. The van der Waals surface area contributed by atoms with Gasteiger partial charge in [-0.25, -0.2) is 0 Å². The maximum absolute atomic E-state index is 10.3. The maximum Gasteiger partial charge on any atom is 0.122 e. The van der Waals surface area contributed by atoms with Crippen molar-refractivity contribution >= 4 is 0 Å². The quantitative estimate of drug-likeness (QED) is 0.765. The molecule has 24 heavy (non-hydrogen) atoms. The van der Waals surface area contributed by atoms with Gasteiger partial charge in [-0.2, -0.15) is 0 Å². The number of hydrogen-bond acceptors (Lipinski definition) is 2. The number of phenolic OH excluding ortho intramolecular Hbond substituents is 2. The number of hydrogen-bond donors (Lipinski definition) is 2. The smallest absolute Gasteiger partial charge is 0.122 e. The first kappa shape index (κ1) is 18.4. The van der Waals surface area contributed by atoms with E-state index >= 15 is 0 Å². The van der Waals surface area contributed by atoms with Crippen LogP contribution in [0.5, 0.6) is 11.5 Å². The zero-order valence-corrected chi connectivity index (χ0v) is 15.6. The van der Waals surface area contributed by atoms with Gasteiger partial charge in [0.25, 0.3) is 0 Å². The van der Waals surface area contributed by atoms with Crippen molar-refractivity contribution in [1.82, 2.24) is 0 Å². The monoisotopic (exact) mass is 325 g/mol. The van der Waals surface area contributed by atoms with Gasteiger partial charge in [-0.15, -0.1) is 0 Å². The predicted octanol–water partition coefficient (Wildman–Crippen LogP) is 5.62. The molecule has 0 unspecified atom stereocenters. The second-order valence-corrected chi connectivity index (χ2v) is 7.94. The molecule has 2 rings (SSSR count). The first-order valence-electron chi connectivity index (χ1n) is 8.58. The molecule has 2 aromatic carbocycles. The minimum Gasteiger partial charge on any atom is -0.508 e. The zero-order valence-electron chi connectivity index (χ0n) is 15.6. The van der Waals surface area contributed by atoms with E-state index in [2.05, 4.69) is 53.2 Å². The van der Waals surface area contributed by atoms with Gasteiger partial charge in [0.15, 0.2) is 0 Å². The lowest BCUT2D eigenvalue weighted by atomic mass is 9.83. The normalized spacial score (nSPS) is 12.0. The second-order valence-electron chi connectivity index (χ2n) is 7.94. The predicted molar refractivity (Wildman–Crippen MR) is 101 cm³/mol. The fraction of sp³-hybridized carbons (Fsp3) is 0.409. The first-order chi connectivity index (χ1) is 11.1. The summed E-state index contributed by atoms with van der Waals surface area (Å²) in [6, 6.07) is 9.91. The van der Waals surface area contributed by atoms with Gasteiger partial charge in [0.1, 0.15) is 11.5 Å². The zero-order chi connectivity index (χ0) is 18.1. The molecule has 2 nitrogen and oxygen atoms in total. The highest BCUT2D eigenvalue weighted by Crippen LogP contribution is 2.34. The Kier molecular flexibility index (Phi) is 5.27. The van der Waals surface area contributed by atoms with Gasteiger partial charge in [0.05, 0.1) is 0 Å². The number of aromatic hydroxyl groups is 2. The third-order valence-electron chi connectivity index (χ3n) is 4.42. The molecule has 0 saturated heterocycles. The minimum absolute atomic E-state index is 0.0891. The van der Waals surface area contributed by atoms with Crippen molar-refractivity contribution in [2.75, 3.05) is 0 Å². The van der Waals surface area contributed by atoms with Gasteiger partial charge in [0.2, 0.25) is 0 Å². The number of phenols is 2. The summed E-state index contributed by atoms with van der Waals surface area (Å²) in [5.74, 6) is 1.05. The topological polar surface area (TPSA) is 40.5 Å². The minimum atomic E-state index is -0.0891. The van der Waals surface area contributed by atoms with E-state index in [0.717, 1.165) is 28.7 Å². The summed E-state index contributed by atoms with van der Waals surface area (Å²) in [4.78, 5) is 0. The van der Waals surface area contributed by atoms with Crippen molar-refractivity contribution in [1.29, 1.82) is 0 Å². The molecular weight excluding hydrogens is 296 g/mol. The van der Waals surface area contributed by atoms with Gasteiger partial charge in [0, 0.05) is 0 Å². The Bertz CT molecular complexity index is 721. The summed E-state index contributed by atoms with van der Waals surface area (Å²) >= 11 is 0. The molecular formula is C22H29O2. The average Bonchev–Trinajstić information content (AvgIpc) is 2.48. The van der Waals surface area contributed by atoms with Gasteiger partial charge in [-0.05, 0) is 65.0 Å². The van der Waals surface area contributed by atoms with Gasteiger partial charge in [-0.3, -0.25) is 0 Å². The molecule has 0 atom stereocenters. The van der Waals surface area contributed by atoms with Crippen LogP contribution in [-0.2, 0) is 11.8 Å². The van der Waals surface area contributed by atoms with Crippen LogP contribution >= 0.6 is 0 Å². The lowest BCUT2D eigenvalue weighted by Gasteiger charge is -2.22. The Labute approximate surface area is 146 Å². The van der Waals surface area contributed by atoms with Crippen molar-refractivity contribution in [2.24, 2.45) is 0 Å². The Morgan fingerprint density at radius 2 is 1.71 bits per heavy atom. The molecule has 129 valence electrons. The van der Waals surface area contributed by atoms with Crippen LogP contribution in [-0.4, -0.2) is 10.2 Å². The summed E-state index contributed by atoms with van der Waals surface area (Å²) in [6.07, 6.45) is 2.97. The average molecular weight is 325 g/mol. The van der Waals surface area contributed by atoms with Crippen LogP contribution in [0.4, 0.5) is 0 Å². The molecule has 0 spiro atoms. The third-order valence-corrected chi connectivity index (χ3v) is 4.42. The summed E-state index contributed by atoms with van der Waals surface area (Å²) in [5, 5.41) is 20.3. The fourth-order valence-corrected chi connectivity index (χ4v) is 2.94. The number of benzene rings is 2. The highest BCUT2D eigenvalue weighted by Gasteiger charge is 2.20. The molecule has 0 amide bonds. The van der Waals surface area contributed by atoms with Crippen molar-refractivity contribution in [3.8, 4) is 11.5 Å². The van der Waals surface area contributed by atoms with Crippen LogP contribution in [0, 0.1) is 13.3 Å². The van der Waals surface area contributed by atoms with E-state index in [-0.39, 0.29) is 5.41 Å². The molecule has 0 saturated carbocycles. The number of rotatable bonds is 4. The Morgan fingerprint density at radius 1 is 1.04 bits per heavy atom. The van der Waals surface area contributed by atoms with Crippen LogP contribution < -0.4 is 0 Å². The third kappa shape index (κ3) is 4.11. The standard InChI is InChI=1S/C22H29O2/c1-14(2)18-12-16(9-10-20(18)23)7-8-17-11-15(3)21(24)19(13-17)22(4,5)6/h7,9-14,23-24H,8H2,1-6H3. The molecule has 1 radical (unpaired) electrons. The van der Waals surface area contributed by atoms with Crippen LogP contribution in [0.3, 0.4) is 0 Å². The molecule has 0 fully saturated rings. The molecule has 0 heterocycles. The van der Waals surface area contributed by atoms with E-state index in [0.29, 0.717) is 17.4 Å². The van der Waals surface area contributed by atoms with Crippen LogP contribution in [0.15, 0.2) is 30.3 Å². The van der Waals surface area contributed by atoms with Crippen molar-refractivity contribution < 1.29 is 10.2 Å². The van der Waals surface area contributed by atoms with E-state index in [1.165, 1.54) is 5.56 Å². The Balaban J connectivity index is 2.24.